The zero-order valence-electron chi connectivity index (χ0n) is 6.39. The van der Waals surface area contributed by atoms with E-state index in [0.717, 1.165) is 11.1 Å². The number of hydrogen-bond donors (Lipinski definition) is 0. The van der Waals surface area contributed by atoms with Gasteiger partial charge in [0.2, 0.25) is 0 Å². The monoisotopic (exact) mass is 140 g/mol. The van der Waals surface area contributed by atoms with Crippen molar-refractivity contribution in [2.75, 3.05) is 0 Å². The van der Waals surface area contributed by atoms with Crippen molar-refractivity contribution in [3.8, 4) is 24.2 Å². The summed E-state index contributed by atoms with van der Waals surface area (Å²) in [5, 5.41) is 0. The third kappa shape index (κ3) is 1.88. The van der Waals surface area contributed by atoms with Gasteiger partial charge in [-0.15, -0.1) is 12.3 Å². The van der Waals surface area contributed by atoms with Crippen molar-refractivity contribution in [2.24, 2.45) is 0 Å². The van der Waals surface area contributed by atoms with Crippen LogP contribution in [0.15, 0.2) is 24.3 Å². The lowest BCUT2D eigenvalue weighted by molar-refractivity contribution is 1.60. The first kappa shape index (κ1) is 7.45. The molecule has 0 amide bonds. The highest BCUT2D eigenvalue weighted by atomic mass is 13.9. The molecule has 0 aliphatic rings. The van der Waals surface area contributed by atoms with Gasteiger partial charge in [-0.2, -0.15) is 0 Å². The van der Waals surface area contributed by atoms with Gasteiger partial charge in [-0.3, -0.25) is 0 Å². The van der Waals surface area contributed by atoms with Gasteiger partial charge in [-0.05, 0) is 31.2 Å². The second-order valence-electron chi connectivity index (χ2n) is 2.10. The van der Waals surface area contributed by atoms with E-state index in [1.54, 1.807) is 0 Å². The topological polar surface area (TPSA) is 0 Å². The maximum absolute atomic E-state index is 5.19. The van der Waals surface area contributed by atoms with Crippen LogP contribution in [0.4, 0.5) is 0 Å². The molecule has 0 spiro atoms. The molecule has 0 bridgehead atoms. The number of benzene rings is 1. The molecule has 1 aromatic carbocycles. The van der Waals surface area contributed by atoms with E-state index < -0.39 is 0 Å². The summed E-state index contributed by atoms with van der Waals surface area (Å²) < 4.78 is 0. The van der Waals surface area contributed by atoms with Gasteiger partial charge in [-0.25, -0.2) is 0 Å². The Kier molecular flexibility index (Phi) is 2.37. The fourth-order valence-corrected chi connectivity index (χ4v) is 0.794. The molecule has 0 saturated carbocycles. The molecule has 1 rings (SSSR count). The fraction of sp³-hybridized carbons (Fsp3) is 0.0909. The molecule has 0 unspecified atom stereocenters. The number of rotatable bonds is 0. The van der Waals surface area contributed by atoms with Crippen LogP contribution in [-0.4, -0.2) is 0 Å². The minimum atomic E-state index is 0.895. The molecule has 52 valence electrons. The summed E-state index contributed by atoms with van der Waals surface area (Å²) >= 11 is 0. The summed E-state index contributed by atoms with van der Waals surface area (Å²) in [6.07, 6.45) is 5.19. The van der Waals surface area contributed by atoms with Crippen molar-refractivity contribution >= 4 is 0 Å². The Labute approximate surface area is 67.3 Å². The molecule has 0 atom stereocenters. The highest BCUT2D eigenvalue weighted by Gasteiger charge is 1.85. The van der Waals surface area contributed by atoms with Gasteiger partial charge in [0, 0.05) is 11.1 Å². The molecule has 11 heavy (non-hydrogen) atoms. The first-order valence-corrected chi connectivity index (χ1v) is 3.36. The van der Waals surface area contributed by atoms with E-state index in [1.165, 1.54) is 0 Å². The van der Waals surface area contributed by atoms with Crippen LogP contribution in [-0.2, 0) is 0 Å². The third-order valence-electron chi connectivity index (χ3n) is 1.32. The quantitative estimate of drug-likeness (QED) is 0.484. The van der Waals surface area contributed by atoms with Crippen molar-refractivity contribution in [3.63, 3.8) is 0 Å². The molecule has 0 saturated heterocycles. The van der Waals surface area contributed by atoms with E-state index in [9.17, 15) is 0 Å². The fourth-order valence-electron chi connectivity index (χ4n) is 0.794. The van der Waals surface area contributed by atoms with Crippen LogP contribution < -0.4 is 0 Å². The molecule has 0 N–H and O–H groups in total. The normalized spacial score (nSPS) is 7.64. The molecule has 0 heteroatoms. The van der Waals surface area contributed by atoms with E-state index in [0.29, 0.717) is 0 Å². The van der Waals surface area contributed by atoms with Gasteiger partial charge in [0.1, 0.15) is 0 Å². The van der Waals surface area contributed by atoms with Gasteiger partial charge in [0.05, 0.1) is 0 Å². The highest BCUT2D eigenvalue weighted by Crippen LogP contribution is 2.00. The van der Waals surface area contributed by atoms with E-state index >= 15 is 0 Å². The maximum Gasteiger partial charge on any atom is 0.0245 e. The first-order chi connectivity index (χ1) is 5.36. The Balaban J connectivity index is 3.00. The predicted octanol–water partition coefficient (Wildman–Crippen LogP) is 2.04. The van der Waals surface area contributed by atoms with Crippen LogP contribution in [0.25, 0.3) is 0 Å². The molecule has 0 heterocycles. The molecular weight excluding hydrogens is 132 g/mol. The van der Waals surface area contributed by atoms with Crippen LogP contribution in [0.3, 0.4) is 0 Å². The Morgan fingerprint density at radius 1 is 1.09 bits per heavy atom. The summed E-state index contributed by atoms with van der Waals surface area (Å²) in [4.78, 5) is 0. The molecule has 0 nitrogen and oxygen atoms in total. The van der Waals surface area contributed by atoms with Crippen LogP contribution in [0, 0.1) is 24.2 Å². The maximum atomic E-state index is 5.19. The molecule has 1 aromatic rings. The van der Waals surface area contributed by atoms with E-state index in [4.69, 9.17) is 6.42 Å². The molecule has 0 fully saturated rings. The lowest BCUT2D eigenvalue weighted by Crippen LogP contribution is -1.75. The largest absolute Gasteiger partial charge is 0.115 e. The summed E-state index contributed by atoms with van der Waals surface area (Å²) in [5.74, 6) is 8.31. The lowest BCUT2D eigenvalue weighted by Gasteiger charge is -1.89. The Bertz CT molecular complexity index is 325. The average molecular weight is 140 g/mol. The van der Waals surface area contributed by atoms with Crippen LogP contribution in [0.2, 0.25) is 0 Å². The summed E-state index contributed by atoms with van der Waals surface area (Å²) in [5.41, 5.74) is 1.90. The Morgan fingerprint density at radius 2 is 1.64 bits per heavy atom. The third-order valence-corrected chi connectivity index (χ3v) is 1.32. The SMILES string of the molecule is C#Cc1ccc(C#CC)cc1. The van der Waals surface area contributed by atoms with Gasteiger partial charge < -0.3 is 0 Å². The molecule has 0 aliphatic heterocycles. The van der Waals surface area contributed by atoms with Gasteiger partial charge in [0.25, 0.3) is 0 Å². The second-order valence-corrected chi connectivity index (χ2v) is 2.10. The summed E-state index contributed by atoms with van der Waals surface area (Å²) in [7, 11) is 0. The van der Waals surface area contributed by atoms with Gasteiger partial charge in [-0.1, -0.05) is 11.8 Å². The molecule has 0 radical (unpaired) electrons. The average Bonchev–Trinajstić information content (AvgIpc) is 2.07. The van der Waals surface area contributed by atoms with Crippen molar-refractivity contribution in [1.82, 2.24) is 0 Å². The van der Waals surface area contributed by atoms with E-state index in [-0.39, 0.29) is 0 Å². The first-order valence-electron chi connectivity index (χ1n) is 3.36. The van der Waals surface area contributed by atoms with Gasteiger partial charge >= 0.3 is 0 Å². The molecular formula is C11H8. The van der Waals surface area contributed by atoms with E-state index in [1.807, 2.05) is 31.2 Å². The zero-order chi connectivity index (χ0) is 8.10. The minimum Gasteiger partial charge on any atom is -0.115 e. The number of hydrogen-bond acceptors (Lipinski definition) is 0. The van der Waals surface area contributed by atoms with Crippen molar-refractivity contribution in [1.29, 1.82) is 0 Å². The molecule has 0 aromatic heterocycles. The van der Waals surface area contributed by atoms with E-state index in [2.05, 4.69) is 17.8 Å². The second kappa shape index (κ2) is 3.49. The smallest absolute Gasteiger partial charge is 0.0245 e. The highest BCUT2D eigenvalue weighted by molar-refractivity contribution is 5.40. The summed E-state index contributed by atoms with van der Waals surface area (Å²) in [6.45, 7) is 1.81. The van der Waals surface area contributed by atoms with Crippen molar-refractivity contribution in [3.05, 3.63) is 35.4 Å². The Hall–Kier alpha value is -1.66. The standard InChI is InChI=1S/C11H8/c1-3-5-11-8-6-10(4-2)7-9-11/h2,6-9H,1H3. The van der Waals surface area contributed by atoms with Crippen molar-refractivity contribution < 1.29 is 0 Å². The van der Waals surface area contributed by atoms with Crippen LogP contribution in [0.5, 0.6) is 0 Å². The zero-order valence-corrected chi connectivity index (χ0v) is 6.39. The predicted molar refractivity (Wildman–Crippen MR) is 46.9 cm³/mol. The van der Waals surface area contributed by atoms with Crippen LogP contribution in [0.1, 0.15) is 18.1 Å². The van der Waals surface area contributed by atoms with Crippen LogP contribution >= 0.6 is 0 Å². The lowest BCUT2D eigenvalue weighted by atomic mass is 10.1. The number of terminal acetylenes is 1. The molecule has 0 aliphatic carbocycles. The van der Waals surface area contributed by atoms with Gasteiger partial charge in [0.15, 0.2) is 0 Å². The van der Waals surface area contributed by atoms with Crippen molar-refractivity contribution in [2.45, 2.75) is 6.92 Å². The Morgan fingerprint density at radius 3 is 2.09 bits per heavy atom. The minimum absolute atomic E-state index is 0.895. The summed E-state index contributed by atoms with van der Waals surface area (Å²) in [6, 6.07) is 7.62.